The first-order chi connectivity index (χ1) is 11.4. The third-order valence-corrected chi connectivity index (χ3v) is 3.56. The number of hydrogen-bond donors (Lipinski definition) is 4. The molecule has 24 heavy (non-hydrogen) atoms. The van der Waals surface area contributed by atoms with Crippen LogP contribution < -0.4 is 11.5 Å². The zero-order valence-corrected chi connectivity index (χ0v) is 12.2. The highest BCUT2D eigenvalue weighted by Crippen LogP contribution is 2.33. The highest BCUT2D eigenvalue weighted by atomic mass is 16.4. The highest BCUT2D eigenvalue weighted by Gasteiger charge is 2.19. The molecule has 0 radical (unpaired) electrons. The van der Waals surface area contributed by atoms with Gasteiger partial charge in [-0.15, -0.1) is 0 Å². The molecular weight excluding hydrogens is 312 g/mol. The van der Waals surface area contributed by atoms with Crippen molar-refractivity contribution in [3.63, 3.8) is 0 Å². The number of aromatic nitrogens is 2. The SMILES string of the molecule is Nc1nc(-c2ccc(C(=O)O)c3ccccc23)c(N)nc1C(=O)O. The Kier molecular flexibility index (Phi) is 3.49. The second kappa shape index (κ2) is 5.51. The third-order valence-electron chi connectivity index (χ3n) is 3.56. The lowest BCUT2D eigenvalue weighted by molar-refractivity contribution is 0.0683. The number of nitrogen functional groups attached to an aromatic ring is 2. The number of anilines is 2. The zero-order chi connectivity index (χ0) is 17.4. The lowest BCUT2D eigenvalue weighted by Gasteiger charge is -2.11. The first kappa shape index (κ1) is 15.2. The number of aromatic carboxylic acids is 2. The largest absolute Gasteiger partial charge is 0.478 e. The first-order valence-corrected chi connectivity index (χ1v) is 6.82. The summed E-state index contributed by atoms with van der Waals surface area (Å²) in [5.41, 5.74) is 11.9. The van der Waals surface area contributed by atoms with Crippen molar-refractivity contribution in [3.05, 3.63) is 47.7 Å². The second-order valence-corrected chi connectivity index (χ2v) is 5.01. The minimum Gasteiger partial charge on any atom is -0.478 e. The van der Waals surface area contributed by atoms with E-state index in [1.807, 2.05) is 0 Å². The number of carbonyl (C=O) groups is 2. The topological polar surface area (TPSA) is 152 Å². The molecule has 0 fully saturated rings. The number of carboxylic acids is 2. The summed E-state index contributed by atoms with van der Waals surface area (Å²) in [4.78, 5) is 30.3. The standard InChI is InChI=1S/C16H12N4O4/c17-13-11(19-14(18)12(20-13)16(23)24)9-5-6-10(15(21)22)8-4-2-1-3-7(8)9/h1-6H,(H2,17,20)(H2,18,19)(H,21,22)(H,23,24). The van der Waals surface area contributed by atoms with Crippen LogP contribution in [0, 0.1) is 0 Å². The minimum absolute atomic E-state index is 0.102. The Morgan fingerprint density at radius 3 is 2.12 bits per heavy atom. The summed E-state index contributed by atoms with van der Waals surface area (Å²) >= 11 is 0. The molecule has 120 valence electrons. The van der Waals surface area contributed by atoms with Crippen molar-refractivity contribution in [3.8, 4) is 11.3 Å². The molecule has 0 amide bonds. The first-order valence-electron chi connectivity index (χ1n) is 6.82. The van der Waals surface area contributed by atoms with Crippen LogP contribution in [0.25, 0.3) is 22.0 Å². The van der Waals surface area contributed by atoms with Crippen LogP contribution in [0.2, 0.25) is 0 Å². The number of nitrogens with two attached hydrogens (primary N) is 2. The summed E-state index contributed by atoms with van der Waals surface area (Å²) in [6.07, 6.45) is 0. The van der Waals surface area contributed by atoms with Gasteiger partial charge in [-0.25, -0.2) is 19.6 Å². The van der Waals surface area contributed by atoms with Gasteiger partial charge < -0.3 is 21.7 Å². The summed E-state index contributed by atoms with van der Waals surface area (Å²) < 4.78 is 0. The molecule has 0 aliphatic rings. The molecule has 8 nitrogen and oxygen atoms in total. The molecule has 0 unspecified atom stereocenters. The Labute approximate surface area is 135 Å². The summed E-state index contributed by atoms with van der Waals surface area (Å²) in [7, 11) is 0. The van der Waals surface area contributed by atoms with Gasteiger partial charge in [-0.2, -0.15) is 0 Å². The van der Waals surface area contributed by atoms with Gasteiger partial charge in [0.2, 0.25) is 0 Å². The number of rotatable bonds is 3. The molecule has 0 bridgehead atoms. The maximum absolute atomic E-state index is 11.4. The molecule has 0 saturated heterocycles. The summed E-state index contributed by atoms with van der Waals surface area (Å²) in [6, 6.07) is 9.83. The average molecular weight is 324 g/mol. The predicted octanol–water partition coefficient (Wildman–Crippen LogP) is 1.86. The van der Waals surface area contributed by atoms with Gasteiger partial charge in [0.25, 0.3) is 0 Å². The maximum Gasteiger partial charge on any atom is 0.358 e. The van der Waals surface area contributed by atoms with Crippen molar-refractivity contribution in [1.29, 1.82) is 0 Å². The molecule has 6 N–H and O–H groups in total. The number of carboxylic acid groups (broad SMARTS) is 2. The smallest absolute Gasteiger partial charge is 0.358 e. The van der Waals surface area contributed by atoms with E-state index in [-0.39, 0.29) is 22.9 Å². The van der Waals surface area contributed by atoms with E-state index in [1.54, 1.807) is 30.3 Å². The maximum atomic E-state index is 11.4. The second-order valence-electron chi connectivity index (χ2n) is 5.01. The van der Waals surface area contributed by atoms with Gasteiger partial charge in [-0.1, -0.05) is 30.3 Å². The molecule has 8 heteroatoms. The molecule has 0 atom stereocenters. The van der Waals surface area contributed by atoms with Crippen LogP contribution in [0.3, 0.4) is 0 Å². The predicted molar refractivity (Wildman–Crippen MR) is 87.7 cm³/mol. The molecule has 2 aromatic carbocycles. The van der Waals surface area contributed by atoms with E-state index >= 15 is 0 Å². The Balaban J connectivity index is 2.32. The normalized spacial score (nSPS) is 10.7. The van der Waals surface area contributed by atoms with Crippen LogP contribution in [-0.2, 0) is 0 Å². The summed E-state index contributed by atoms with van der Waals surface area (Å²) in [5.74, 6) is -2.75. The molecular formula is C16H12N4O4. The van der Waals surface area contributed by atoms with E-state index < -0.39 is 17.6 Å². The third kappa shape index (κ3) is 2.35. The van der Waals surface area contributed by atoms with Gasteiger partial charge in [-0.3, -0.25) is 0 Å². The molecule has 1 heterocycles. The average Bonchev–Trinajstić information content (AvgIpc) is 2.55. The highest BCUT2D eigenvalue weighted by molar-refractivity contribution is 6.09. The number of fused-ring (bicyclic) bond motifs is 1. The van der Waals surface area contributed by atoms with Crippen LogP contribution >= 0.6 is 0 Å². The van der Waals surface area contributed by atoms with Crippen molar-refractivity contribution in [2.24, 2.45) is 0 Å². The van der Waals surface area contributed by atoms with E-state index in [4.69, 9.17) is 16.6 Å². The van der Waals surface area contributed by atoms with Crippen molar-refractivity contribution in [2.45, 2.75) is 0 Å². The van der Waals surface area contributed by atoms with E-state index in [9.17, 15) is 14.7 Å². The van der Waals surface area contributed by atoms with Crippen molar-refractivity contribution < 1.29 is 19.8 Å². The van der Waals surface area contributed by atoms with Crippen molar-refractivity contribution in [2.75, 3.05) is 11.5 Å². The fourth-order valence-corrected chi connectivity index (χ4v) is 2.51. The van der Waals surface area contributed by atoms with Gasteiger partial charge in [0.1, 0.15) is 5.69 Å². The van der Waals surface area contributed by atoms with E-state index in [2.05, 4.69) is 9.97 Å². The van der Waals surface area contributed by atoms with Gasteiger partial charge in [0.05, 0.1) is 5.56 Å². The van der Waals surface area contributed by atoms with Crippen LogP contribution in [-0.4, -0.2) is 32.1 Å². The molecule has 0 aliphatic heterocycles. The summed E-state index contributed by atoms with van der Waals surface area (Å²) in [5, 5.41) is 19.4. The quantitative estimate of drug-likeness (QED) is 0.569. The number of hydrogen-bond acceptors (Lipinski definition) is 6. The van der Waals surface area contributed by atoms with E-state index in [1.165, 1.54) is 6.07 Å². The van der Waals surface area contributed by atoms with Gasteiger partial charge in [0.15, 0.2) is 17.3 Å². The number of benzene rings is 2. The molecule has 3 rings (SSSR count). The van der Waals surface area contributed by atoms with Crippen LogP contribution in [0.1, 0.15) is 20.8 Å². The molecule has 1 aromatic heterocycles. The minimum atomic E-state index is -1.33. The van der Waals surface area contributed by atoms with Gasteiger partial charge >= 0.3 is 11.9 Å². The molecule has 0 spiro atoms. The van der Waals surface area contributed by atoms with Crippen molar-refractivity contribution >= 4 is 34.3 Å². The van der Waals surface area contributed by atoms with E-state index in [0.29, 0.717) is 16.3 Å². The Morgan fingerprint density at radius 2 is 1.50 bits per heavy atom. The monoisotopic (exact) mass is 324 g/mol. The lowest BCUT2D eigenvalue weighted by Crippen LogP contribution is -2.11. The lowest BCUT2D eigenvalue weighted by atomic mass is 9.97. The molecule has 0 aliphatic carbocycles. The Morgan fingerprint density at radius 1 is 0.833 bits per heavy atom. The fraction of sp³-hybridized carbons (Fsp3) is 0. The summed E-state index contributed by atoms with van der Waals surface area (Å²) in [6.45, 7) is 0. The van der Waals surface area contributed by atoms with Gasteiger partial charge in [0, 0.05) is 5.56 Å². The molecule has 0 saturated carbocycles. The molecule has 3 aromatic rings. The fourth-order valence-electron chi connectivity index (χ4n) is 2.51. The van der Waals surface area contributed by atoms with Crippen LogP contribution in [0.15, 0.2) is 36.4 Å². The van der Waals surface area contributed by atoms with Crippen LogP contribution in [0.5, 0.6) is 0 Å². The van der Waals surface area contributed by atoms with Crippen molar-refractivity contribution in [1.82, 2.24) is 9.97 Å². The van der Waals surface area contributed by atoms with Crippen LogP contribution in [0.4, 0.5) is 11.6 Å². The Bertz CT molecular complexity index is 1000. The van der Waals surface area contributed by atoms with Gasteiger partial charge in [-0.05, 0) is 16.8 Å². The number of nitrogens with zero attached hydrogens (tertiary/aromatic N) is 2. The zero-order valence-electron chi connectivity index (χ0n) is 12.2. The van der Waals surface area contributed by atoms with E-state index in [0.717, 1.165) is 0 Å². The Hall–Kier alpha value is -3.68.